The molecule has 214 valence electrons. The molecule has 9 heteroatoms. The molecule has 1 aliphatic heterocycles. The lowest BCUT2D eigenvalue weighted by Crippen LogP contribution is -2.39. The van der Waals surface area contributed by atoms with Gasteiger partial charge in [0.1, 0.15) is 11.5 Å². The van der Waals surface area contributed by atoms with E-state index < -0.39 is 18.0 Å². The number of ether oxygens (including phenoxy) is 1. The summed E-state index contributed by atoms with van der Waals surface area (Å²) in [5.41, 5.74) is 3.32. The Labute approximate surface area is 250 Å². The number of aromatic carboxylic acids is 1. The van der Waals surface area contributed by atoms with E-state index in [4.69, 9.17) is 14.1 Å². The number of nitrogens with zero attached hydrogens (tertiary/aromatic N) is 2. The Morgan fingerprint density at radius 2 is 1.72 bits per heavy atom. The lowest BCUT2D eigenvalue weighted by molar-refractivity contribution is -0.138. The number of esters is 1. The molecule has 1 atom stereocenters. The first kappa shape index (κ1) is 27.9. The molecule has 2 aromatic heterocycles. The molecule has 6 rings (SSSR count). The maximum absolute atomic E-state index is 14.0. The van der Waals surface area contributed by atoms with Crippen molar-refractivity contribution in [1.29, 1.82) is 0 Å². The van der Waals surface area contributed by atoms with Gasteiger partial charge in [-0.25, -0.2) is 14.6 Å². The number of carbonyl (C=O) groups excluding carboxylic acids is 1. The summed E-state index contributed by atoms with van der Waals surface area (Å²) >= 11 is 1.20. The van der Waals surface area contributed by atoms with Gasteiger partial charge in [0.05, 0.1) is 34.0 Å². The van der Waals surface area contributed by atoms with Crippen molar-refractivity contribution in [3.63, 3.8) is 0 Å². The Morgan fingerprint density at radius 3 is 2.42 bits per heavy atom. The van der Waals surface area contributed by atoms with E-state index >= 15 is 0 Å². The van der Waals surface area contributed by atoms with Crippen molar-refractivity contribution in [3.8, 4) is 11.3 Å². The number of carboxylic acids is 1. The number of fused-ring (bicyclic) bond motifs is 1. The van der Waals surface area contributed by atoms with E-state index in [1.54, 1.807) is 50.3 Å². The number of carboxylic acid groups (broad SMARTS) is 1. The lowest BCUT2D eigenvalue weighted by atomic mass is 9.93. The van der Waals surface area contributed by atoms with Crippen LogP contribution in [-0.4, -0.2) is 28.2 Å². The Balaban J connectivity index is 1.53. The molecule has 8 nitrogen and oxygen atoms in total. The number of hydrogen-bond donors (Lipinski definition) is 1. The van der Waals surface area contributed by atoms with Crippen molar-refractivity contribution in [2.75, 3.05) is 6.61 Å². The van der Waals surface area contributed by atoms with Gasteiger partial charge in [-0.1, -0.05) is 84.1 Å². The van der Waals surface area contributed by atoms with E-state index in [1.165, 1.54) is 15.9 Å². The van der Waals surface area contributed by atoms with E-state index in [9.17, 15) is 19.5 Å². The van der Waals surface area contributed by atoms with Crippen molar-refractivity contribution >= 4 is 35.0 Å². The second-order valence-electron chi connectivity index (χ2n) is 9.83. The number of rotatable bonds is 7. The summed E-state index contributed by atoms with van der Waals surface area (Å²) in [6, 6.07) is 26.5. The van der Waals surface area contributed by atoms with Crippen LogP contribution in [0.5, 0.6) is 0 Å². The van der Waals surface area contributed by atoms with E-state index in [0.29, 0.717) is 37.7 Å². The molecule has 0 aliphatic carbocycles. The van der Waals surface area contributed by atoms with Crippen LogP contribution in [0.3, 0.4) is 0 Å². The van der Waals surface area contributed by atoms with Gasteiger partial charge < -0.3 is 14.3 Å². The predicted molar refractivity (Wildman–Crippen MR) is 163 cm³/mol. The first-order valence-corrected chi connectivity index (χ1v) is 14.5. The summed E-state index contributed by atoms with van der Waals surface area (Å²) in [6.45, 7) is 3.64. The van der Waals surface area contributed by atoms with Crippen LogP contribution in [0.15, 0.2) is 111 Å². The molecular formula is C34H26N2O6S. The molecule has 0 saturated heterocycles. The predicted octanol–water partition coefficient (Wildman–Crippen LogP) is 5.20. The minimum Gasteiger partial charge on any atom is -0.478 e. The highest BCUT2D eigenvalue weighted by atomic mass is 32.1. The maximum atomic E-state index is 14.0. The molecule has 0 amide bonds. The normalized spacial score (nSPS) is 14.7. The number of furan rings is 1. The maximum Gasteiger partial charge on any atom is 0.338 e. The zero-order chi connectivity index (χ0) is 30.1. The minimum atomic E-state index is -1.02. The molecule has 0 bridgehead atoms. The fourth-order valence-corrected chi connectivity index (χ4v) is 6.21. The summed E-state index contributed by atoms with van der Waals surface area (Å²) in [4.78, 5) is 44.4. The van der Waals surface area contributed by atoms with Crippen molar-refractivity contribution in [2.45, 2.75) is 19.9 Å². The van der Waals surface area contributed by atoms with Gasteiger partial charge in [-0.15, -0.1) is 0 Å². The molecule has 5 aromatic rings. The second-order valence-corrected chi connectivity index (χ2v) is 10.8. The smallest absolute Gasteiger partial charge is 0.338 e. The Kier molecular flexibility index (Phi) is 7.48. The van der Waals surface area contributed by atoms with E-state index in [-0.39, 0.29) is 23.3 Å². The van der Waals surface area contributed by atoms with E-state index in [2.05, 4.69) is 0 Å². The van der Waals surface area contributed by atoms with Crippen LogP contribution in [-0.2, 0) is 9.53 Å². The van der Waals surface area contributed by atoms with Gasteiger partial charge in [0.2, 0.25) is 0 Å². The van der Waals surface area contributed by atoms with Crippen LogP contribution in [0.1, 0.15) is 45.8 Å². The first-order valence-electron chi connectivity index (χ1n) is 13.6. The van der Waals surface area contributed by atoms with Gasteiger partial charge in [-0.2, -0.15) is 0 Å². The highest BCUT2D eigenvalue weighted by Crippen LogP contribution is 2.35. The van der Waals surface area contributed by atoms with Crippen LogP contribution >= 0.6 is 11.3 Å². The summed E-state index contributed by atoms with van der Waals surface area (Å²) in [5.74, 6) is -0.651. The van der Waals surface area contributed by atoms with Gasteiger partial charge in [0, 0.05) is 17.2 Å². The van der Waals surface area contributed by atoms with Gasteiger partial charge in [-0.3, -0.25) is 9.36 Å². The summed E-state index contributed by atoms with van der Waals surface area (Å²) in [6.07, 6.45) is 1.64. The lowest BCUT2D eigenvalue weighted by Gasteiger charge is -2.25. The zero-order valence-corrected chi connectivity index (χ0v) is 24.1. The third kappa shape index (κ3) is 5.15. The van der Waals surface area contributed by atoms with Gasteiger partial charge in [-0.05, 0) is 43.2 Å². The summed E-state index contributed by atoms with van der Waals surface area (Å²) in [5, 5.41) is 9.51. The van der Waals surface area contributed by atoms with Crippen molar-refractivity contribution in [3.05, 3.63) is 144 Å². The first-order chi connectivity index (χ1) is 20.9. The molecule has 3 heterocycles. The average molecular weight is 591 g/mol. The second kappa shape index (κ2) is 11.5. The van der Waals surface area contributed by atoms with Crippen LogP contribution in [0.25, 0.3) is 23.1 Å². The summed E-state index contributed by atoms with van der Waals surface area (Å²) in [7, 11) is 0. The van der Waals surface area contributed by atoms with Gasteiger partial charge in [0.15, 0.2) is 4.80 Å². The fourth-order valence-electron chi connectivity index (χ4n) is 5.23. The van der Waals surface area contributed by atoms with Crippen LogP contribution in [0.2, 0.25) is 0 Å². The molecule has 1 aliphatic rings. The molecule has 3 aromatic carbocycles. The van der Waals surface area contributed by atoms with Gasteiger partial charge in [0.25, 0.3) is 5.56 Å². The average Bonchev–Trinajstić information content (AvgIpc) is 3.61. The highest BCUT2D eigenvalue weighted by molar-refractivity contribution is 7.07. The molecule has 0 unspecified atom stereocenters. The molecule has 1 N–H and O–H groups in total. The zero-order valence-electron chi connectivity index (χ0n) is 23.3. The van der Waals surface area contributed by atoms with Crippen LogP contribution in [0.4, 0.5) is 0 Å². The monoisotopic (exact) mass is 590 g/mol. The van der Waals surface area contributed by atoms with Crippen LogP contribution in [0, 0.1) is 6.92 Å². The quantitative estimate of drug-likeness (QED) is 0.261. The Hall–Kier alpha value is -5.28. The number of aromatic nitrogens is 1. The largest absolute Gasteiger partial charge is 0.478 e. The molecule has 0 radical (unpaired) electrons. The van der Waals surface area contributed by atoms with Crippen LogP contribution < -0.4 is 14.9 Å². The molecule has 0 saturated carbocycles. The molecular weight excluding hydrogens is 564 g/mol. The van der Waals surface area contributed by atoms with Gasteiger partial charge >= 0.3 is 11.9 Å². The molecule has 0 fully saturated rings. The van der Waals surface area contributed by atoms with Crippen molar-refractivity contribution in [1.82, 2.24) is 4.57 Å². The Morgan fingerprint density at radius 1 is 1.00 bits per heavy atom. The Bertz CT molecular complexity index is 2070. The molecule has 0 spiro atoms. The van der Waals surface area contributed by atoms with E-state index in [1.807, 2.05) is 60.7 Å². The number of benzene rings is 3. The van der Waals surface area contributed by atoms with E-state index in [0.717, 1.165) is 11.1 Å². The number of carbonyl (C=O) groups is 2. The minimum absolute atomic E-state index is 0.173. The fraction of sp³-hybridized carbons (Fsp3) is 0.118. The highest BCUT2D eigenvalue weighted by Gasteiger charge is 2.35. The van der Waals surface area contributed by atoms with Crippen molar-refractivity contribution in [2.24, 2.45) is 4.99 Å². The SMILES string of the molecule is CCOC(=O)C1=C(c2ccccc2)N=c2s/c(=C\c3ccc(-c4cccc(C(=O)O)c4C)o3)c(=O)n2[C@@H]1c1ccccc1. The number of thiazole rings is 1. The van der Waals surface area contributed by atoms with Crippen molar-refractivity contribution < 1.29 is 23.8 Å². The summed E-state index contributed by atoms with van der Waals surface area (Å²) < 4.78 is 13.5. The topological polar surface area (TPSA) is 111 Å². The third-order valence-electron chi connectivity index (χ3n) is 7.22. The number of hydrogen-bond acceptors (Lipinski definition) is 7. The molecule has 43 heavy (non-hydrogen) atoms. The standard InChI is InChI=1S/C34H26N2O6S/c1-3-41-33(40)28-29(21-11-6-4-7-12-21)35-34-36(30(28)22-13-8-5-9-14-22)31(37)27(43-34)19-23-17-18-26(42-23)24-15-10-16-25(20(24)2)32(38)39/h4-19,30H,3H2,1-2H3,(H,38,39)/b27-19-/t30-/m1/s1. The third-order valence-corrected chi connectivity index (χ3v) is 8.20.